The van der Waals surface area contributed by atoms with Crippen molar-refractivity contribution in [2.45, 2.75) is 51.6 Å². The van der Waals surface area contributed by atoms with Crippen molar-refractivity contribution in [1.82, 2.24) is 10.2 Å². The molecule has 0 aromatic heterocycles. The van der Waals surface area contributed by atoms with Crippen molar-refractivity contribution >= 4 is 5.91 Å². The second-order valence-electron chi connectivity index (χ2n) is 4.71. The van der Waals surface area contributed by atoms with Crippen LogP contribution >= 0.6 is 0 Å². The van der Waals surface area contributed by atoms with E-state index in [0.29, 0.717) is 19.0 Å². The number of hydrogen-bond donors (Lipinski definition) is 2. The number of piperidine rings is 1. The summed E-state index contributed by atoms with van der Waals surface area (Å²) in [6.07, 6.45) is 4.61. The van der Waals surface area contributed by atoms with Crippen LogP contribution in [0.4, 0.5) is 0 Å². The Morgan fingerprint density at radius 3 is 2.56 bits per heavy atom. The fourth-order valence-electron chi connectivity index (χ4n) is 2.05. The first-order chi connectivity index (χ1) is 7.65. The number of nitrogens with zero attached hydrogens (tertiary/aromatic N) is 1. The molecule has 0 radical (unpaired) electrons. The van der Waals surface area contributed by atoms with Crippen LogP contribution in [0.25, 0.3) is 0 Å². The van der Waals surface area contributed by atoms with Crippen LogP contribution < -0.4 is 11.1 Å². The smallest absolute Gasteiger partial charge is 0.236 e. The molecule has 1 rings (SSSR count). The predicted molar refractivity (Wildman–Crippen MR) is 66.2 cm³/mol. The lowest BCUT2D eigenvalue weighted by Gasteiger charge is -2.32. The van der Waals surface area contributed by atoms with Crippen LogP contribution in [-0.2, 0) is 4.79 Å². The van der Waals surface area contributed by atoms with Crippen molar-refractivity contribution in [2.24, 2.45) is 5.73 Å². The van der Waals surface area contributed by atoms with Crippen molar-refractivity contribution < 1.29 is 4.79 Å². The number of carbonyl (C=O) groups excluding carboxylic acids is 1. The molecule has 4 nitrogen and oxygen atoms in total. The molecule has 0 saturated carbocycles. The lowest BCUT2D eigenvalue weighted by atomic mass is 10.1. The van der Waals surface area contributed by atoms with Gasteiger partial charge in [-0.05, 0) is 39.3 Å². The van der Waals surface area contributed by atoms with E-state index in [-0.39, 0.29) is 11.9 Å². The first-order valence-corrected chi connectivity index (χ1v) is 6.42. The number of carbonyl (C=O) groups is 1. The maximum Gasteiger partial charge on any atom is 0.236 e. The third-order valence-corrected chi connectivity index (χ3v) is 3.36. The summed E-state index contributed by atoms with van der Waals surface area (Å²) in [5.41, 5.74) is 5.66. The molecular formula is C12H25N3O. The highest BCUT2D eigenvalue weighted by Gasteiger charge is 2.18. The molecule has 1 amide bonds. The number of amides is 1. The third-order valence-electron chi connectivity index (χ3n) is 3.36. The monoisotopic (exact) mass is 227 g/mol. The normalized spacial score (nSPS) is 21.4. The Kier molecular flexibility index (Phi) is 5.77. The van der Waals surface area contributed by atoms with Crippen molar-refractivity contribution in [3.05, 3.63) is 0 Å². The first-order valence-electron chi connectivity index (χ1n) is 6.42. The summed E-state index contributed by atoms with van der Waals surface area (Å²) in [4.78, 5) is 14.0. The third kappa shape index (κ3) is 4.10. The second kappa shape index (κ2) is 6.86. The highest BCUT2D eigenvalue weighted by atomic mass is 16.2. The van der Waals surface area contributed by atoms with Crippen molar-refractivity contribution in [2.75, 3.05) is 19.6 Å². The van der Waals surface area contributed by atoms with Gasteiger partial charge >= 0.3 is 0 Å². The minimum Gasteiger partial charge on any atom is -0.353 e. The van der Waals surface area contributed by atoms with Gasteiger partial charge in [0.05, 0.1) is 6.04 Å². The zero-order valence-electron chi connectivity index (χ0n) is 10.5. The molecule has 0 spiro atoms. The van der Waals surface area contributed by atoms with E-state index < -0.39 is 0 Å². The minimum absolute atomic E-state index is 0.0219. The molecule has 16 heavy (non-hydrogen) atoms. The van der Waals surface area contributed by atoms with Gasteiger partial charge in [0, 0.05) is 12.6 Å². The second-order valence-corrected chi connectivity index (χ2v) is 4.71. The fraction of sp³-hybridized carbons (Fsp3) is 0.917. The van der Waals surface area contributed by atoms with Gasteiger partial charge < -0.3 is 11.1 Å². The summed E-state index contributed by atoms with van der Waals surface area (Å²) in [6.45, 7) is 7.14. The molecule has 0 aromatic carbocycles. The Balaban J connectivity index is 2.23. The molecule has 1 aliphatic heterocycles. The molecule has 2 unspecified atom stereocenters. The van der Waals surface area contributed by atoms with E-state index in [2.05, 4.69) is 17.1 Å². The zero-order chi connectivity index (χ0) is 12.0. The molecule has 0 bridgehead atoms. The van der Waals surface area contributed by atoms with E-state index in [0.717, 1.165) is 13.1 Å². The van der Waals surface area contributed by atoms with E-state index in [1.807, 2.05) is 6.92 Å². The molecule has 4 heteroatoms. The van der Waals surface area contributed by atoms with E-state index in [9.17, 15) is 4.79 Å². The molecule has 1 saturated heterocycles. The van der Waals surface area contributed by atoms with Crippen molar-refractivity contribution in [3.63, 3.8) is 0 Å². The summed E-state index contributed by atoms with van der Waals surface area (Å²) < 4.78 is 0. The molecule has 1 aliphatic rings. The Morgan fingerprint density at radius 2 is 2.00 bits per heavy atom. The summed E-state index contributed by atoms with van der Waals surface area (Å²) in [5, 5.41) is 2.92. The molecule has 0 aliphatic carbocycles. The van der Waals surface area contributed by atoms with Gasteiger partial charge in [-0.2, -0.15) is 0 Å². The van der Waals surface area contributed by atoms with Gasteiger partial charge in [0.25, 0.3) is 0 Å². The average molecular weight is 227 g/mol. The van der Waals surface area contributed by atoms with Crippen LogP contribution in [0.5, 0.6) is 0 Å². The van der Waals surface area contributed by atoms with Gasteiger partial charge in [-0.15, -0.1) is 0 Å². The molecule has 2 atom stereocenters. The van der Waals surface area contributed by atoms with Gasteiger partial charge in [0.15, 0.2) is 0 Å². The van der Waals surface area contributed by atoms with Crippen LogP contribution in [0.15, 0.2) is 0 Å². The summed E-state index contributed by atoms with van der Waals surface area (Å²) >= 11 is 0. The van der Waals surface area contributed by atoms with Crippen LogP contribution in [0.1, 0.15) is 39.5 Å². The quantitative estimate of drug-likeness (QED) is 0.727. The summed E-state index contributed by atoms with van der Waals surface area (Å²) in [6, 6.07) is 0.0712. The Hall–Kier alpha value is -0.610. The SMILES string of the molecule is CCC(N)C(=O)NCC(C)N1CCCCC1. The Labute approximate surface area is 98.6 Å². The summed E-state index contributed by atoms with van der Waals surface area (Å²) in [7, 11) is 0. The maximum absolute atomic E-state index is 11.5. The number of nitrogens with one attached hydrogen (secondary N) is 1. The highest BCUT2D eigenvalue weighted by Crippen LogP contribution is 2.11. The summed E-state index contributed by atoms with van der Waals surface area (Å²) in [5.74, 6) is -0.0219. The molecule has 0 aromatic rings. The van der Waals surface area contributed by atoms with Crippen LogP contribution in [0.2, 0.25) is 0 Å². The fourth-order valence-corrected chi connectivity index (χ4v) is 2.05. The highest BCUT2D eigenvalue weighted by molar-refractivity contribution is 5.81. The van der Waals surface area contributed by atoms with Gasteiger partial charge in [-0.25, -0.2) is 0 Å². The lowest BCUT2D eigenvalue weighted by Crippen LogP contribution is -2.48. The minimum atomic E-state index is -0.353. The van der Waals surface area contributed by atoms with Gasteiger partial charge in [-0.3, -0.25) is 9.69 Å². The number of likely N-dealkylation sites (tertiary alicyclic amines) is 1. The molecule has 1 fully saturated rings. The van der Waals surface area contributed by atoms with Crippen LogP contribution in [0, 0.1) is 0 Å². The first kappa shape index (κ1) is 13.5. The number of nitrogens with two attached hydrogens (primary N) is 1. The molecular weight excluding hydrogens is 202 g/mol. The lowest BCUT2D eigenvalue weighted by molar-refractivity contribution is -0.122. The largest absolute Gasteiger partial charge is 0.353 e. The predicted octanol–water partition coefficient (Wildman–Crippen LogP) is 0.714. The van der Waals surface area contributed by atoms with E-state index in [4.69, 9.17) is 5.73 Å². The zero-order valence-corrected chi connectivity index (χ0v) is 10.5. The van der Waals surface area contributed by atoms with Crippen LogP contribution in [-0.4, -0.2) is 42.5 Å². The molecule has 1 heterocycles. The number of hydrogen-bond acceptors (Lipinski definition) is 3. The van der Waals surface area contributed by atoms with Gasteiger partial charge in [-0.1, -0.05) is 13.3 Å². The average Bonchev–Trinajstić information content (AvgIpc) is 2.35. The van der Waals surface area contributed by atoms with E-state index >= 15 is 0 Å². The maximum atomic E-state index is 11.5. The van der Waals surface area contributed by atoms with Crippen molar-refractivity contribution in [1.29, 1.82) is 0 Å². The van der Waals surface area contributed by atoms with E-state index in [1.165, 1.54) is 19.3 Å². The topological polar surface area (TPSA) is 58.4 Å². The van der Waals surface area contributed by atoms with E-state index in [1.54, 1.807) is 0 Å². The van der Waals surface area contributed by atoms with Gasteiger partial charge in [0.1, 0.15) is 0 Å². The Bertz CT molecular complexity index is 214. The van der Waals surface area contributed by atoms with Crippen LogP contribution in [0.3, 0.4) is 0 Å². The Morgan fingerprint density at radius 1 is 1.38 bits per heavy atom. The van der Waals surface area contributed by atoms with Crippen molar-refractivity contribution in [3.8, 4) is 0 Å². The molecule has 3 N–H and O–H groups in total. The number of rotatable bonds is 5. The van der Waals surface area contributed by atoms with Gasteiger partial charge in [0.2, 0.25) is 5.91 Å². The standard InChI is InChI=1S/C12H25N3O/c1-3-11(13)12(16)14-9-10(2)15-7-5-4-6-8-15/h10-11H,3-9,13H2,1-2H3,(H,14,16). The molecule has 94 valence electrons.